The Morgan fingerprint density at radius 3 is 1.40 bits per heavy atom. The van der Waals surface area contributed by atoms with Gasteiger partial charge in [-0.15, -0.1) is 5.10 Å². The van der Waals surface area contributed by atoms with E-state index in [1.807, 2.05) is 0 Å². The fourth-order valence-electron chi connectivity index (χ4n) is 1.37. The molecule has 0 bridgehead atoms. The molecule has 2 aromatic carbocycles. The number of nitrogens with zero attached hydrogens (tertiary/aromatic N) is 3. The summed E-state index contributed by atoms with van der Waals surface area (Å²) >= 11 is 0. The van der Waals surface area contributed by atoms with Crippen LogP contribution < -0.4 is 16.1 Å². The maximum absolute atomic E-state index is 10.1. The Morgan fingerprint density at radius 2 is 1.24 bits per heavy atom. The summed E-state index contributed by atoms with van der Waals surface area (Å²) < 4.78 is 0. The van der Waals surface area contributed by atoms with Gasteiger partial charge in [0.15, 0.2) is 0 Å². The normalized spacial score (nSPS) is 8.48. The molecule has 0 saturated carbocycles. The van der Waals surface area contributed by atoms with Crippen molar-refractivity contribution in [3.05, 3.63) is 84.2 Å². The van der Waals surface area contributed by atoms with Crippen molar-refractivity contribution in [2.75, 3.05) is 5.84 Å². The molecular formula is C16H14CoN4O4. The third-order valence-corrected chi connectivity index (χ3v) is 2.46. The summed E-state index contributed by atoms with van der Waals surface area (Å²) in [4.78, 5) is 21.3. The molecule has 0 aliphatic heterocycles. The summed E-state index contributed by atoms with van der Waals surface area (Å²) in [6, 6.07) is 16.1. The Labute approximate surface area is 154 Å². The van der Waals surface area contributed by atoms with Crippen molar-refractivity contribution in [3.8, 4) is 0 Å². The molecule has 0 spiro atoms. The number of carbonyl (C=O) groups excluding carboxylic acids is 2. The molecular weight excluding hydrogens is 371 g/mol. The monoisotopic (exact) mass is 385 g/mol. The number of aromatic nitrogens is 3. The van der Waals surface area contributed by atoms with Crippen molar-refractivity contribution in [1.29, 1.82) is 0 Å². The number of benzene rings is 2. The number of nitrogens with two attached hydrogens (primary N) is 1. The summed E-state index contributed by atoms with van der Waals surface area (Å²) in [7, 11) is 0. The first kappa shape index (κ1) is 21.8. The van der Waals surface area contributed by atoms with Gasteiger partial charge in [-0.2, -0.15) is 4.79 Å². The number of carboxylic acid groups (broad SMARTS) is 2. The van der Waals surface area contributed by atoms with Gasteiger partial charge < -0.3 is 25.6 Å². The second-order valence-electron chi connectivity index (χ2n) is 4.19. The maximum atomic E-state index is 10.1. The molecule has 0 aliphatic rings. The maximum Gasteiger partial charge on any atom is 2.00 e. The number of carboxylic acids is 2. The first-order valence-electron chi connectivity index (χ1n) is 6.65. The predicted molar refractivity (Wildman–Crippen MR) is 81.7 cm³/mol. The standard InChI is InChI=1S/2C7H6O2.C2H4N4.Co/c2*8-7(9)6-4-2-1-3-5-6;3-6-2-1-4-5-6;/h2*1-5H,(H,8,9);1-2H,3H2;/q;;;+2/p-2. The van der Waals surface area contributed by atoms with Crippen LogP contribution in [0.4, 0.5) is 0 Å². The third kappa shape index (κ3) is 9.53. The second kappa shape index (κ2) is 12.3. The van der Waals surface area contributed by atoms with E-state index in [1.165, 1.54) is 30.5 Å². The molecule has 8 nitrogen and oxygen atoms in total. The van der Waals surface area contributed by atoms with Crippen LogP contribution in [0.2, 0.25) is 0 Å². The van der Waals surface area contributed by atoms with E-state index in [2.05, 4.69) is 10.3 Å². The number of hydrogen-bond acceptors (Lipinski definition) is 7. The molecule has 9 heteroatoms. The molecule has 131 valence electrons. The first-order valence-corrected chi connectivity index (χ1v) is 6.65. The van der Waals surface area contributed by atoms with E-state index in [0.29, 0.717) is 0 Å². The first-order chi connectivity index (χ1) is 11.5. The van der Waals surface area contributed by atoms with E-state index < -0.39 is 11.9 Å². The van der Waals surface area contributed by atoms with Gasteiger partial charge in [-0.3, -0.25) is 0 Å². The fourth-order valence-corrected chi connectivity index (χ4v) is 1.37. The molecule has 2 N–H and O–H groups in total. The zero-order chi connectivity index (χ0) is 17.8. The molecule has 0 amide bonds. The van der Waals surface area contributed by atoms with Gasteiger partial charge in [0.1, 0.15) is 0 Å². The van der Waals surface area contributed by atoms with Crippen molar-refractivity contribution in [1.82, 2.24) is 15.1 Å². The van der Waals surface area contributed by atoms with Gasteiger partial charge in [0, 0.05) is 0 Å². The van der Waals surface area contributed by atoms with Crippen LogP contribution in [0.1, 0.15) is 20.7 Å². The Hall–Kier alpha value is -3.17. The molecule has 1 heterocycles. The number of carbonyl (C=O) groups is 2. The molecule has 3 aromatic rings. The molecule has 0 unspecified atom stereocenters. The van der Waals surface area contributed by atoms with Gasteiger partial charge >= 0.3 is 16.8 Å². The van der Waals surface area contributed by atoms with Gasteiger partial charge in [-0.05, 0) is 16.3 Å². The van der Waals surface area contributed by atoms with Crippen LogP contribution in [-0.2, 0) is 16.8 Å². The Balaban J connectivity index is 0.000000346. The van der Waals surface area contributed by atoms with Crippen molar-refractivity contribution in [2.45, 2.75) is 0 Å². The third-order valence-electron chi connectivity index (χ3n) is 2.46. The van der Waals surface area contributed by atoms with Crippen LogP contribution in [0.15, 0.2) is 73.1 Å². The number of nitrogen functional groups attached to an aromatic ring is 1. The molecule has 0 fully saturated rings. The van der Waals surface area contributed by atoms with E-state index in [4.69, 9.17) is 5.84 Å². The Bertz CT molecular complexity index is 688. The minimum absolute atomic E-state index is 0. The van der Waals surface area contributed by atoms with E-state index in [-0.39, 0.29) is 27.9 Å². The largest absolute Gasteiger partial charge is 2.00 e. The summed E-state index contributed by atoms with van der Waals surface area (Å²) in [5.41, 5.74) is 0.440. The van der Waals surface area contributed by atoms with Crippen LogP contribution in [0.5, 0.6) is 0 Å². The molecule has 1 aromatic heterocycles. The molecule has 1 radical (unpaired) electrons. The Morgan fingerprint density at radius 1 is 0.840 bits per heavy atom. The van der Waals surface area contributed by atoms with Crippen LogP contribution in [0, 0.1) is 0 Å². The summed E-state index contributed by atoms with van der Waals surface area (Å²) in [5.74, 6) is 2.76. The summed E-state index contributed by atoms with van der Waals surface area (Å²) in [5, 5.41) is 27.0. The number of aromatic carboxylic acids is 2. The molecule has 25 heavy (non-hydrogen) atoms. The van der Waals surface area contributed by atoms with Crippen molar-refractivity contribution >= 4 is 11.9 Å². The van der Waals surface area contributed by atoms with Gasteiger partial charge in [0.05, 0.1) is 24.3 Å². The van der Waals surface area contributed by atoms with Crippen molar-refractivity contribution in [2.24, 2.45) is 0 Å². The fraction of sp³-hybridized carbons (Fsp3) is 0. The number of hydrogen-bond donors (Lipinski definition) is 1. The van der Waals surface area contributed by atoms with Crippen molar-refractivity contribution < 1.29 is 36.6 Å². The minimum Gasteiger partial charge on any atom is -0.545 e. The molecule has 0 saturated heterocycles. The average Bonchev–Trinajstić information content (AvgIpc) is 3.08. The molecule has 0 atom stereocenters. The van der Waals surface area contributed by atoms with E-state index >= 15 is 0 Å². The smallest absolute Gasteiger partial charge is 0.545 e. The van der Waals surface area contributed by atoms with Crippen LogP contribution in [-0.4, -0.2) is 27.0 Å². The van der Waals surface area contributed by atoms with Gasteiger partial charge in [-0.1, -0.05) is 60.7 Å². The SMILES string of the molecule is Nn1ccnn1.O=C([O-])c1ccccc1.O=C([O-])c1ccccc1.[Co+2]. The molecule has 3 rings (SSSR count). The summed E-state index contributed by atoms with van der Waals surface area (Å²) in [6.07, 6.45) is 3.07. The minimum atomic E-state index is -1.13. The van der Waals surface area contributed by atoms with Gasteiger partial charge in [-0.25, -0.2) is 0 Å². The van der Waals surface area contributed by atoms with Gasteiger partial charge in [0.2, 0.25) is 0 Å². The second-order valence-corrected chi connectivity index (χ2v) is 4.19. The van der Waals surface area contributed by atoms with E-state index in [1.54, 1.807) is 42.6 Å². The number of rotatable bonds is 2. The van der Waals surface area contributed by atoms with Crippen LogP contribution >= 0.6 is 0 Å². The zero-order valence-corrected chi connectivity index (χ0v) is 13.9. The van der Waals surface area contributed by atoms with Crippen LogP contribution in [0.25, 0.3) is 0 Å². The summed E-state index contributed by atoms with van der Waals surface area (Å²) in [6.45, 7) is 0. The average molecular weight is 385 g/mol. The van der Waals surface area contributed by atoms with Crippen LogP contribution in [0.3, 0.4) is 0 Å². The van der Waals surface area contributed by atoms with E-state index in [0.717, 1.165) is 4.79 Å². The quantitative estimate of drug-likeness (QED) is 0.564. The molecule has 0 aliphatic carbocycles. The Kier molecular flexibility index (Phi) is 10.7. The zero-order valence-electron chi connectivity index (χ0n) is 12.8. The van der Waals surface area contributed by atoms with Crippen molar-refractivity contribution in [3.63, 3.8) is 0 Å². The topological polar surface area (TPSA) is 137 Å². The van der Waals surface area contributed by atoms with E-state index in [9.17, 15) is 19.8 Å². The van der Waals surface area contributed by atoms with Gasteiger partial charge in [0.25, 0.3) is 0 Å². The predicted octanol–water partition coefficient (Wildman–Crippen LogP) is -0.910.